The van der Waals surface area contributed by atoms with Crippen molar-refractivity contribution in [1.29, 1.82) is 0 Å². The van der Waals surface area contributed by atoms with Crippen molar-refractivity contribution in [3.63, 3.8) is 0 Å². The monoisotopic (exact) mass is 1400 g/mol. The first kappa shape index (κ1) is 80.3. The van der Waals surface area contributed by atoms with Crippen LogP contribution in [0, 0.1) is 104 Å². The molecule has 0 saturated heterocycles. The minimum absolute atomic E-state index is 1.26. The third-order valence-electron chi connectivity index (χ3n) is 20.0. The van der Waals surface area contributed by atoms with E-state index in [1.54, 1.807) is 0 Å². The number of rotatable bonds is 7. The normalized spacial score (nSPS) is 10.4. The minimum atomic E-state index is 1.26. The van der Waals surface area contributed by atoms with E-state index in [1.807, 2.05) is 6.07 Å². The van der Waals surface area contributed by atoms with Crippen LogP contribution in [0.5, 0.6) is 0 Å². The summed E-state index contributed by atoms with van der Waals surface area (Å²) in [6.45, 7) is 32.2. The second-order valence-corrected chi connectivity index (χ2v) is 28.2. The molecular weight excluding hydrogens is 1290 g/mol. The molecule has 0 N–H and O–H groups in total. The van der Waals surface area contributed by atoms with Gasteiger partial charge in [0.2, 0.25) is 39.9 Å². The summed E-state index contributed by atoms with van der Waals surface area (Å²) in [4.78, 5) is 0. The van der Waals surface area contributed by atoms with Gasteiger partial charge in [0.15, 0.2) is 41.9 Å². The zero-order valence-corrected chi connectivity index (χ0v) is 67.3. The Morgan fingerprint density at radius 2 is 0.547 bits per heavy atom. The molecule has 7 aromatic heterocycles. The molecule has 7 aromatic carbocycles. The first-order chi connectivity index (χ1) is 50.7. The van der Waals surface area contributed by atoms with E-state index in [1.165, 1.54) is 163 Å². The van der Waals surface area contributed by atoms with Gasteiger partial charge in [0.25, 0.3) is 0 Å². The van der Waals surface area contributed by atoms with Crippen molar-refractivity contribution in [1.82, 2.24) is 0 Å². The Kier molecular flexibility index (Phi) is 29.1. The number of aromatic nitrogens is 7. The van der Waals surface area contributed by atoms with Gasteiger partial charge in [0.05, 0.1) is 0 Å². The number of aryl methyl sites for hydroxylation is 18. The van der Waals surface area contributed by atoms with Gasteiger partial charge < -0.3 is 0 Å². The van der Waals surface area contributed by atoms with Crippen LogP contribution in [-0.4, -0.2) is 0 Å². The Bertz CT molecular complexity index is 5180. The van der Waals surface area contributed by atoms with Crippen LogP contribution in [-0.2, 0) is 49.3 Å². The molecule has 0 spiro atoms. The van der Waals surface area contributed by atoms with Gasteiger partial charge in [-0.25, -0.2) is 18.3 Å². The van der Waals surface area contributed by atoms with Crippen LogP contribution in [0.2, 0.25) is 0 Å². The van der Waals surface area contributed by atoms with Crippen LogP contribution in [0.1, 0.15) is 83.8 Å². The summed E-state index contributed by atoms with van der Waals surface area (Å²) in [6, 6.07) is 93.9. The maximum Gasteiger partial charge on any atom is 0.215 e. The molecule has 538 valence electrons. The molecule has 0 aliphatic heterocycles. The van der Waals surface area contributed by atoms with Crippen molar-refractivity contribution in [3.05, 3.63) is 376 Å². The maximum absolute atomic E-state index is 2.26. The highest BCUT2D eigenvalue weighted by Crippen LogP contribution is 2.27. The van der Waals surface area contributed by atoms with Gasteiger partial charge in [-0.05, 0) is 206 Å². The molecule has 14 aromatic rings. The average Bonchev–Trinajstić information content (AvgIpc) is 0.835. The molecule has 0 atom stereocenters. The molecule has 0 amide bonds. The van der Waals surface area contributed by atoms with Gasteiger partial charge in [0, 0.05) is 143 Å². The van der Waals surface area contributed by atoms with E-state index >= 15 is 0 Å². The summed E-state index contributed by atoms with van der Waals surface area (Å²) < 4.78 is 15.4. The van der Waals surface area contributed by atoms with Gasteiger partial charge in [-0.2, -0.15) is 13.7 Å². The Labute approximate surface area is 635 Å². The predicted molar refractivity (Wildman–Crippen MR) is 442 cm³/mol. The lowest BCUT2D eigenvalue weighted by Gasteiger charge is -2.07. The van der Waals surface area contributed by atoms with Gasteiger partial charge in [-0.15, -0.1) is 0 Å². The first-order valence-electron chi connectivity index (χ1n) is 36.9. The van der Waals surface area contributed by atoms with Gasteiger partial charge >= 0.3 is 0 Å². The average molecular weight is 1400 g/mol. The van der Waals surface area contributed by atoms with Gasteiger partial charge in [-0.1, -0.05) is 127 Å². The van der Waals surface area contributed by atoms with E-state index in [2.05, 4.69) is 471 Å². The van der Waals surface area contributed by atoms with Crippen molar-refractivity contribution in [2.45, 2.75) is 104 Å². The summed E-state index contributed by atoms with van der Waals surface area (Å²) in [6.07, 6.45) is 8.43. The quantitative estimate of drug-likeness (QED) is 0.142. The Balaban J connectivity index is 0.000000156. The standard InChI is InChI=1S/2C15H18N.4C14H16N.C13H14N/c1-11-9-13(3)16(4)15(10-11)14-8-6-5-7-12(14)2;1-11-9-10-15(16(4)13(11)3)14-8-6-5-7-12(14)2;1-11-7-4-5-9-13(11)14-12(2)8-6-10-15(14)3;1-11-7-4-5-9-13(11)14-10-6-8-12(2)15(14)3;1-11-8-9-15(3)14(10-11)13-7-5-4-6-12(13)2;1-11-8-9-14(15(3)10-11)13-7-5-4-6-12(13)2;1-11-7-3-4-8-12(11)13-9-5-6-10-14(13)2/h2*5-10H,1-4H3;4*4-10H,1-3H3;3-10H,1-2H3/q7*+1. The summed E-state index contributed by atoms with van der Waals surface area (Å²) in [7, 11) is 14.7. The highest BCUT2D eigenvalue weighted by atomic mass is 15.0. The molecule has 0 fully saturated rings. The molecule has 0 saturated carbocycles. The molecule has 7 heteroatoms. The first-order valence-corrected chi connectivity index (χ1v) is 36.9. The third-order valence-corrected chi connectivity index (χ3v) is 20.0. The zero-order chi connectivity index (χ0) is 76.7. The second kappa shape index (κ2) is 38.4. The molecule has 0 aliphatic carbocycles. The molecule has 0 aliphatic rings. The zero-order valence-electron chi connectivity index (χ0n) is 67.3. The van der Waals surface area contributed by atoms with Crippen LogP contribution < -0.4 is 32.0 Å². The van der Waals surface area contributed by atoms with Crippen molar-refractivity contribution in [2.75, 3.05) is 0 Å². The highest BCUT2D eigenvalue weighted by molar-refractivity contribution is 5.66. The summed E-state index contributed by atoms with van der Waals surface area (Å²) in [5.41, 5.74) is 37.8. The predicted octanol–water partition coefficient (Wildman–Crippen LogP) is 19.9. The van der Waals surface area contributed by atoms with Crippen LogP contribution in [0.3, 0.4) is 0 Å². The fourth-order valence-electron chi connectivity index (χ4n) is 13.3. The van der Waals surface area contributed by atoms with E-state index in [0.717, 1.165) is 0 Å². The van der Waals surface area contributed by atoms with Crippen LogP contribution in [0.4, 0.5) is 0 Å². The fourth-order valence-corrected chi connectivity index (χ4v) is 13.3. The van der Waals surface area contributed by atoms with Crippen molar-refractivity contribution < 1.29 is 32.0 Å². The molecular formula is C99H114N7+7. The van der Waals surface area contributed by atoms with E-state index < -0.39 is 0 Å². The van der Waals surface area contributed by atoms with E-state index in [0.29, 0.717) is 0 Å². The number of benzene rings is 7. The van der Waals surface area contributed by atoms with Crippen molar-refractivity contribution >= 4 is 0 Å². The molecule has 7 nitrogen and oxygen atoms in total. The summed E-state index contributed by atoms with van der Waals surface area (Å²) >= 11 is 0. The number of hydrogen-bond acceptors (Lipinski definition) is 0. The summed E-state index contributed by atoms with van der Waals surface area (Å²) in [5, 5.41) is 0. The lowest BCUT2D eigenvalue weighted by Crippen LogP contribution is -2.35. The van der Waals surface area contributed by atoms with E-state index in [9.17, 15) is 0 Å². The minimum Gasteiger partial charge on any atom is -0.201 e. The number of hydrogen-bond donors (Lipinski definition) is 0. The largest absolute Gasteiger partial charge is 0.215 e. The summed E-state index contributed by atoms with van der Waals surface area (Å²) in [5.74, 6) is 0. The van der Waals surface area contributed by atoms with Crippen LogP contribution in [0.15, 0.2) is 292 Å². The third kappa shape index (κ3) is 21.2. The SMILES string of the molecule is Cc1cc(C)[n+](C)c(-c2ccccc2C)c1.Cc1cc[n+](C)c(-c2ccccc2C)c1.Cc1ccc(-c2ccccc2C)[n+](C)c1.Cc1ccccc1-c1c(C)ccc[n+]1C.Cc1ccccc1-c1ccc(C)c(C)[n+]1C.Cc1ccccc1-c1cccc(C)[n+]1C.Cc1ccccc1-c1cccc[n+]1C. The molecule has 0 bridgehead atoms. The second-order valence-electron chi connectivity index (χ2n) is 28.2. The Morgan fingerprint density at radius 3 is 1.01 bits per heavy atom. The smallest absolute Gasteiger partial charge is 0.201 e. The topological polar surface area (TPSA) is 27.2 Å². The number of nitrogens with zero attached hydrogens (tertiary/aromatic N) is 7. The van der Waals surface area contributed by atoms with Crippen molar-refractivity contribution in [3.8, 4) is 78.8 Å². The van der Waals surface area contributed by atoms with E-state index in [4.69, 9.17) is 0 Å². The van der Waals surface area contributed by atoms with Gasteiger partial charge in [0.1, 0.15) is 49.3 Å². The highest BCUT2D eigenvalue weighted by Gasteiger charge is 2.20. The Morgan fingerprint density at radius 1 is 0.189 bits per heavy atom. The lowest BCUT2D eigenvalue weighted by molar-refractivity contribution is -0.667. The Hall–Kier alpha value is -11.4. The van der Waals surface area contributed by atoms with Crippen LogP contribution >= 0.6 is 0 Å². The van der Waals surface area contributed by atoms with Gasteiger partial charge in [-0.3, -0.25) is 0 Å². The number of pyridine rings is 7. The van der Waals surface area contributed by atoms with E-state index in [-0.39, 0.29) is 0 Å². The maximum atomic E-state index is 2.26. The van der Waals surface area contributed by atoms with Crippen molar-refractivity contribution in [2.24, 2.45) is 49.3 Å². The fraction of sp³-hybridized carbons (Fsp3) is 0.222. The van der Waals surface area contributed by atoms with Crippen LogP contribution in [0.25, 0.3) is 78.8 Å². The molecule has 14 rings (SSSR count). The molecule has 0 unspecified atom stereocenters. The lowest BCUT2D eigenvalue weighted by atomic mass is 10.0. The molecule has 0 radical (unpaired) electrons. The molecule has 106 heavy (non-hydrogen) atoms. The molecule has 7 heterocycles.